The van der Waals surface area contributed by atoms with Gasteiger partial charge >= 0.3 is 0 Å². The van der Waals surface area contributed by atoms with E-state index in [0.29, 0.717) is 25.6 Å². The van der Waals surface area contributed by atoms with Crippen molar-refractivity contribution in [2.75, 3.05) is 25.1 Å². The number of carbonyl (C=O) groups excluding carboxylic acids is 1. The summed E-state index contributed by atoms with van der Waals surface area (Å²) in [6.45, 7) is 1.90. The van der Waals surface area contributed by atoms with Gasteiger partial charge in [-0.3, -0.25) is 4.79 Å². The van der Waals surface area contributed by atoms with Crippen molar-refractivity contribution in [1.82, 2.24) is 9.88 Å². The van der Waals surface area contributed by atoms with Crippen LogP contribution in [-0.2, 0) is 6.54 Å². The first-order valence-corrected chi connectivity index (χ1v) is 10.6. The molecule has 1 N–H and O–H groups in total. The lowest BCUT2D eigenvalue weighted by Gasteiger charge is -2.32. The number of hydrogen-bond donors (Lipinski definition) is 1. The number of nitrogens with zero attached hydrogens (tertiary/aromatic N) is 3. The molecule has 1 aromatic carbocycles. The van der Waals surface area contributed by atoms with Crippen LogP contribution in [0.25, 0.3) is 0 Å². The fraction of sp³-hybridized carbons (Fsp3) is 0.478. The molecule has 3 aliphatic rings. The molecule has 1 fully saturated rings. The van der Waals surface area contributed by atoms with E-state index in [0.717, 1.165) is 46.8 Å². The van der Waals surface area contributed by atoms with Crippen LogP contribution in [0.1, 0.15) is 59.7 Å². The number of carbonyl (C=O) groups is 1. The summed E-state index contributed by atoms with van der Waals surface area (Å²) >= 11 is 0. The van der Waals surface area contributed by atoms with Gasteiger partial charge < -0.3 is 19.6 Å². The number of hydrogen-bond acceptors (Lipinski definition) is 5. The third-order valence-electron chi connectivity index (χ3n) is 6.51. The van der Waals surface area contributed by atoms with Crippen molar-refractivity contribution < 1.29 is 14.6 Å². The van der Waals surface area contributed by atoms with Crippen LogP contribution in [0, 0.1) is 5.92 Å². The van der Waals surface area contributed by atoms with Crippen LogP contribution in [0.2, 0.25) is 0 Å². The van der Waals surface area contributed by atoms with Crippen LogP contribution in [0.4, 0.5) is 11.5 Å². The number of pyridine rings is 1. The zero-order chi connectivity index (χ0) is 20.0. The van der Waals surface area contributed by atoms with Crippen LogP contribution >= 0.6 is 0 Å². The molecule has 0 bridgehead atoms. The SMILES string of the molecule is CN1Cc2cc(N3CCOc4cc(C(O)C5CCCCC5)cnc43)ccc2C1=O. The highest BCUT2D eigenvalue weighted by atomic mass is 16.5. The molecule has 152 valence electrons. The first-order valence-electron chi connectivity index (χ1n) is 10.6. The third-order valence-corrected chi connectivity index (χ3v) is 6.51. The first-order chi connectivity index (χ1) is 14.1. The molecule has 6 nitrogen and oxygen atoms in total. The molecular formula is C23H27N3O3. The predicted octanol–water partition coefficient (Wildman–Crippen LogP) is 3.81. The molecule has 1 saturated carbocycles. The maximum absolute atomic E-state index is 12.2. The van der Waals surface area contributed by atoms with E-state index < -0.39 is 6.10 Å². The van der Waals surface area contributed by atoms with Crippen LogP contribution in [-0.4, -0.2) is 41.1 Å². The second-order valence-corrected chi connectivity index (χ2v) is 8.44. The molecule has 5 rings (SSSR count). The third kappa shape index (κ3) is 3.25. The lowest BCUT2D eigenvalue weighted by molar-refractivity contribution is 0.0816. The van der Waals surface area contributed by atoms with Crippen molar-refractivity contribution in [3.05, 3.63) is 47.2 Å². The normalized spacial score (nSPS) is 20.3. The summed E-state index contributed by atoms with van der Waals surface area (Å²) in [7, 11) is 1.83. The van der Waals surface area contributed by atoms with Crippen molar-refractivity contribution in [3.63, 3.8) is 0 Å². The topological polar surface area (TPSA) is 65.9 Å². The monoisotopic (exact) mass is 393 g/mol. The minimum Gasteiger partial charge on any atom is -0.488 e. The fourth-order valence-electron chi connectivity index (χ4n) is 4.87. The molecule has 29 heavy (non-hydrogen) atoms. The van der Waals surface area contributed by atoms with Crippen LogP contribution < -0.4 is 9.64 Å². The average Bonchev–Trinajstić information content (AvgIpc) is 3.06. The lowest BCUT2D eigenvalue weighted by Crippen LogP contribution is -2.30. The zero-order valence-electron chi connectivity index (χ0n) is 16.8. The Morgan fingerprint density at radius 1 is 1.21 bits per heavy atom. The molecule has 1 unspecified atom stereocenters. The molecule has 0 radical (unpaired) electrons. The molecule has 1 aromatic heterocycles. The number of fused-ring (bicyclic) bond motifs is 2. The maximum atomic E-state index is 12.2. The summed E-state index contributed by atoms with van der Waals surface area (Å²) in [5, 5.41) is 10.8. The van der Waals surface area contributed by atoms with E-state index in [9.17, 15) is 9.90 Å². The van der Waals surface area contributed by atoms with E-state index in [1.807, 2.05) is 25.2 Å². The van der Waals surface area contributed by atoms with Gasteiger partial charge in [-0.05, 0) is 48.6 Å². The van der Waals surface area contributed by atoms with Gasteiger partial charge in [0.2, 0.25) is 0 Å². The minimum absolute atomic E-state index is 0.0772. The quantitative estimate of drug-likeness (QED) is 0.859. The molecule has 1 amide bonds. The van der Waals surface area contributed by atoms with Crippen LogP contribution in [0.15, 0.2) is 30.5 Å². The van der Waals surface area contributed by atoms with Crippen molar-refractivity contribution in [3.8, 4) is 5.75 Å². The van der Waals surface area contributed by atoms with Crippen LogP contribution in [0.5, 0.6) is 5.75 Å². The Balaban J connectivity index is 1.43. The van der Waals surface area contributed by atoms with Crippen molar-refractivity contribution in [1.29, 1.82) is 0 Å². The van der Waals surface area contributed by atoms with Crippen LogP contribution in [0.3, 0.4) is 0 Å². The maximum Gasteiger partial charge on any atom is 0.254 e. The summed E-state index contributed by atoms with van der Waals surface area (Å²) < 4.78 is 5.90. The molecular weight excluding hydrogens is 366 g/mol. The molecule has 2 aromatic rings. The summed E-state index contributed by atoms with van der Waals surface area (Å²) in [5.74, 6) is 1.88. The smallest absolute Gasteiger partial charge is 0.254 e. The van der Waals surface area contributed by atoms with E-state index in [1.54, 1.807) is 11.1 Å². The number of aliphatic hydroxyl groups is 1. The Kier molecular flexibility index (Phi) is 4.66. The van der Waals surface area contributed by atoms with Gasteiger partial charge in [-0.25, -0.2) is 4.98 Å². The Morgan fingerprint density at radius 3 is 2.86 bits per heavy atom. The van der Waals surface area contributed by atoms with Gasteiger partial charge in [0.05, 0.1) is 12.6 Å². The molecule has 0 spiro atoms. The van der Waals surface area contributed by atoms with E-state index >= 15 is 0 Å². The van der Waals surface area contributed by atoms with Crippen molar-refractivity contribution >= 4 is 17.4 Å². The Morgan fingerprint density at radius 2 is 2.03 bits per heavy atom. The Hall–Kier alpha value is -2.60. The van der Waals surface area contributed by atoms with Crippen molar-refractivity contribution in [2.24, 2.45) is 5.92 Å². The number of aliphatic hydroxyl groups excluding tert-OH is 1. The van der Waals surface area contributed by atoms with E-state index in [1.165, 1.54) is 19.3 Å². The molecule has 3 heterocycles. The van der Waals surface area contributed by atoms with E-state index in [2.05, 4.69) is 16.0 Å². The summed E-state index contributed by atoms with van der Waals surface area (Å²) in [6.07, 6.45) is 7.13. The van der Waals surface area contributed by atoms with Gasteiger partial charge in [0, 0.05) is 36.6 Å². The Bertz CT molecular complexity index is 939. The minimum atomic E-state index is -0.478. The molecule has 1 atom stereocenters. The molecule has 6 heteroatoms. The fourth-order valence-corrected chi connectivity index (χ4v) is 4.87. The van der Waals surface area contributed by atoms with Gasteiger partial charge in [0.1, 0.15) is 6.61 Å². The van der Waals surface area contributed by atoms with Gasteiger partial charge in [0.15, 0.2) is 11.6 Å². The highest BCUT2D eigenvalue weighted by Crippen LogP contribution is 2.40. The standard InChI is InChI=1S/C23H27N3O3/c1-25-14-17-11-18(7-8-19(17)23(25)28)26-9-10-29-20-12-16(13-24-22(20)26)21(27)15-5-3-2-4-6-15/h7-8,11-13,15,21,27H,2-6,9-10,14H2,1H3. The zero-order valence-corrected chi connectivity index (χ0v) is 16.8. The predicted molar refractivity (Wildman–Crippen MR) is 111 cm³/mol. The van der Waals surface area contributed by atoms with E-state index in [-0.39, 0.29) is 5.91 Å². The number of anilines is 2. The van der Waals surface area contributed by atoms with Gasteiger partial charge in [-0.15, -0.1) is 0 Å². The Labute approximate surface area is 171 Å². The number of ether oxygens (including phenoxy) is 1. The van der Waals surface area contributed by atoms with Gasteiger partial charge in [-0.2, -0.15) is 0 Å². The lowest BCUT2D eigenvalue weighted by atomic mass is 9.83. The van der Waals surface area contributed by atoms with Gasteiger partial charge in [0.25, 0.3) is 5.91 Å². The number of amides is 1. The van der Waals surface area contributed by atoms with E-state index in [4.69, 9.17) is 4.74 Å². The summed E-state index contributed by atoms with van der Waals surface area (Å²) in [4.78, 5) is 20.7. The number of benzene rings is 1. The first kappa shape index (κ1) is 18.4. The molecule has 2 aliphatic heterocycles. The average molecular weight is 393 g/mol. The molecule has 0 saturated heterocycles. The van der Waals surface area contributed by atoms with Crippen molar-refractivity contribution in [2.45, 2.75) is 44.8 Å². The summed E-state index contributed by atoms with van der Waals surface area (Å²) in [5.41, 5.74) is 3.69. The molecule has 1 aliphatic carbocycles. The number of aromatic nitrogens is 1. The highest BCUT2D eigenvalue weighted by molar-refractivity contribution is 5.98. The second kappa shape index (κ2) is 7.34. The van der Waals surface area contributed by atoms with Gasteiger partial charge in [-0.1, -0.05) is 19.3 Å². The largest absolute Gasteiger partial charge is 0.488 e. The highest BCUT2D eigenvalue weighted by Gasteiger charge is 2.29. The summed E-state index contributed by atoms with van der Waals surface area (Å²) in [6, 6.07) is 7.93. The second-order valence-electron chi connectivity index (χ2n) is 8.44. The number of rotatable bonds is 3.